The zero-order valence-electron chi connectivity index (χ0n) is 4.56. The number of rotatable bonds is 3. The van der Waals surface area contributed by atoms with E-state index in [-0.39, 0.29) is 0 Å². The summed E-state index contributed by atoms with van der Waals surface area (Å²) in [5, 5.41) is 8.82. The number of nitrogens with zero attached hydrogens (tertiary/aromatic N) is 1. The smallest absolute Gasteiger partial charge is 0.340 e. The van der Waals surface area contributed by atoms with Crippen LogP contribution in [0.4, 0.5) is 0 Å². The van der Waals surface area contributed by atoms with Crippen molar-refractivity contribution in [2.75, 3.05) is 0 Å². The molecule has 0 fully saturated rings. The van der Waals surface area contributed by atoms with Crippen molar-refractivity contribution in [1.29, 1.82) is 0 Å². The fraction of sp³-hybridized carbons (Fsp3) is 0.250. The number of hydrogen-bond acceptors (Lipinski definition) is 4. The largest absolute Gasteiger partial charge is 0.470 e. The molecule has 0 rings (SSSR count). The summed E-state index contributed by atoms with van der Waals surface area (Å²) in [5.41, 5.74) is 0. The summed E-state index contributed by atoms with van der Waals surface area (Å²) in [6.07, 6.45) is 1.40. The van der Waals surface area contributed by atoms with E-state index < -0.39 is 9.52 Å². The Morgan fingerprint density at radius 2 is 2.22 bits per heavy atom. The SMILES string of the molecule is C=CC(O)[N+](S)(S)[C]=O. The van der Waals surface area contributed by atoms with Crippen LogP contribution in [-0.2, 0) is 4.79 Å². The Labute approximate surface area is 64.7 Å². The number of quaternary nitrogens is 1. The molecular formula is C4H7NO2S2+. The van der Waals surface area contributed by atoms with Crippen molar-refractivity contribution in [2.24, 2.45) is 0 Å². The molecule has 0 aliphatic rings. The lowest BCUT2D eigenvalue weighted by atomic mass is 10.6. The third-order valence-corrected chi connectivity index (χ3v) is 1.35. The van der Waals surface area contributed by atoms with Crippen molar-refractivity contribution in [3.05, 3.63) is 12.7 Å². The maximum absolute atomic E-state index is 9.91. The monoisotopic (exact) mass is 165 g/mol. The average Bonchev–Trinajstić information content (AvgIpc) is 1.86. The molecule has 0 saturated carbocycles. The van der Waals surface area contributed by atoms with E-state index in [0.717, 1.165) is 6.08 Å². The molecule has 1 N–H and O–H groups in total. The van der Waals surface area contributed by atoms with E-state index in [2.05, 4.69) is 32.2 Å². The second kappa shape index (κ2) is 3.26. The van der Waals surface area contributed by atoms with Crippen LogP contribution in [-0.4, -0.2) is 21.0 Å². The normalized spacial score (nSPS) is 14.6. The van der Waals surface area contributed by atoms with E-state index in [0.29, 0.717) is 0 Å². The molecule has 0 aromatic heterocycles. The molecule has 0 saturated heterocycles. The van der Waals surface area contributed by atoms with Gasteiger partial charge in [-0.2, -0.15) is 0 Å². The molecule has 1 atom stereocenters. The molecule has 0 aliphatic heterocycles. The molecule has 0 aliphatic carbocycles. The van der Waals surface area contributed by atoms with Crippen molar-refractivity contribution in [1.82, 2.24) is 0 Å². The molecule has 1 amide bonds. The lowest BCUT2D eigenvalue weighted by molar-refractivity contribution is -0.596. The van der Waals surface area contributed by atoms with E-state index >= 15 is 0 Å². The molecule has 9 heavy (non-hydrogen) atoms. The van der Waals surface area contributed by atoms with Gasteiger partial charge >= 0.3 is 6.41 Å². The Morgan fingerprint density at radius 1 is 1.78 bits per heavy atom. The first-order valence-electron chi connectivity index (χ1n) is 2.09. The summed E-state index contributed by atoms with van der Waals surface area (Å²) in [6, 6.07) is 0. The average molecular weight is 165 g/mol. The van der Waals surface area contributed by atoms with Gasteiger partial charge < -0.3 is 5.11 Å². The van der Waals surface area contributed by atoms with Gasteiger partial charge in [0.25, 0.3) is 0 Å². The fourth-order valence-electron chi connectivity index (χ4n) is 0.201. The van der Waals surface area contributed by atoms with E-state index in [1.165, 1.54) is 6.41 Å². The summed E-state index contributed by atoms with van der Waals surface area (Å²) >= 11 is 7.24. The molecule has 0 aromatic rings. The summed E-state index contributed by atoms with van der Waals surface area (Å²) < 4.78 is -0.830. The van der Waals surface area contributed by atoms with Crippen LogP contribution < -0.4 is 0 Å². The van der Waals surface area contributed by atoms with Gasteiger partial charge in [-0.1, -0.05) is 6.58 Å². The molecule has 1 radical (unpaired) electrons. The predicted molar refractivity (Wildman–Crippen MR) is 40.1 cm³/mol. The van der Waals surface area contributed by atoms with Gasteiger partial charge in [0, 0.05) is 0 Å². The van der Waals surface area contributed by atoms with Gasteiger partial charge in [-0.15, -0.1) is 3.29 Å². The van der Waals surface area contributed by atoms with E-state index in [1.54, 1.807) is 0 Å². The zero-order chi connectivity index (χ0) is 7.49. The number of amides is 1. The highest BCUT2D eigenvalue weighted by molar-refractivity contribution is 7.88. The molecule has 1 unspecified atom stereocenters. The molecule has 0 spiro atoms. The zero-order valence-corrected chi connectivity index (χ0v) is 6.35. The molecule has 0 aromatic carbocycles. The van der Waals surface area contributed by atoms with E-state index in [1.807, 2.05) is 0 Å². The van der Waals surface area contributed by atoms with Crippen LogP contribution in [0.2, 0.25) is 0 Å². The Hall–Kier alpha value is 0.0300. The van der Waals surface area contributed by atoms with Crippen LogP contribution in [0.15, 0.2) is 12.7 Å². The Kier molecular flexibility index (Phi) is 3.27. The Bertz CT molecular complexity index is 126. The van der Waals surface area contributed by atoms with E-state index in [9.17, 15) is 4.79 Å². The van der Waals surface area contributed by atoms with Gasteiger partial charge in [-0.25, -0.2) is 4.79 Å². The van der Waals surface area contributed by atoms with Gasteiger partial charge in [-0.3, -0.25) is 0 Å². The van der Waals surface area contributed by atoms with Crippen molar-refractivity contribution in [3.8, 4) is 0 Å². The quantitative estimate of drug-likeness (QED) is 0.239. The fourth-order valence-corrected chi connectivity index (χ4v) is 0.390. The maximum atomic E-state index is 9.91. The second-order valence-electron chi connectivity index (χ2n) is 1.39. The number of aliphatic hydroxyl groups is 1. The lowest BCUT2D eigenvalue weighted by Gasteiger charge is -2.16. The van der Waals surface area contributed by atoms with E-state index in [4.69, 9.17) is 5.11 Å². The summed E-state index contributed by atoms with van der Waals surface area (Å²) in [7, 11) is 0. The standard InChI is InChI=1S/C4H7NO2S2/c1-2-4(7)5(8,9)3-6/h2,4,7-9H,1H2/q+1. The Morgan fingerprint density at radius 3 is 2.33 bits per heavy atom. The summed E-state index contributed by atoms with van der Waals surface area (Å²) in [4.78, 5) is 9.91. The van der Waals surface area contributed by atoms with Crippen LogP contribution >= 0.6 is 25.6 Å². The van der Waals surface area contributed by atoms with Crippen molar-refractivity contribution < 1.29 is 13.2 Å². The maximum Gasteiger partial charge on any atom is 0.470 e. The van der Waals surface area contributed by atoms with Crippen molar-refractivity contribution in [2.45, 2.75) is 6.23 Å². The highest BCUT2D eigenvalue weighted by Crippen LogP contribution is 2.16. The molecule has 0 heterocycles. The first kappa shape index (κ1) is 9.03. The van der Waals surface area contributed by atoms with Crippen LogP contribution in [0.3, 0.4) is 0 Å². The van der Waals surface area contributed by atoms with Crippen LogP contribution in [0.5, 0.6) is 0 Å². The molecular weight excluding hydrogens is 158 g/mol. The van der Waals surface area contributed by atoms with Crippen LogP contribution in [0.1, 0.15) is 0 Å². The van der Waals surface area contributed by atoms with Gasteiger partial charge in [0.15, 0.2) is 0 Å². The van der Waals surface area contributed by atoms with Gasteiger partial charge in [0.05, 0.1) is 25.6 Å². The molecule has 0 bridgehead atoms. The highest BCUT2D eigenvalue weighted by Gasteiger charge is 2.28. The molecule has 5 heteroatoms. The number of thiol groups is 2. The minimum Gasteiger partial charge on any atom is -0.340 e. The van der Waals surface area contributed by atoms with Crippen molar-refractivity contribution in [3.63, 3.8) is 0 Å². The molecule has 3 nitrogen and oxygen atoms in total. The number of carbonyl (C=O) groups excluding carboxylic acids is 1. The second-order valence-corrected chi connectivity index (χ2v) is 2.97. The number of hydrogen-bond donors (Lipinski definition) is 3. The van der Waals surface area contributed by atoms with Crippen molar-refractivity contribution >= 4 is 32.0 Å². The Balaban J connectivity index is 4.11. The predicted octanol–water partition coefficient (Wildman–Crippen LogP) is 0.0644. The van der Waals surface area contributed by atoms with Crippen LogP contribution in [0, 0.1) is 0 Å². The molecule has 51 valence electrons. The highest BCUT2D eigenvalue weighted by atomic mass is 32.2. The third-order valence-electron chi connectivity index (χ3n) is 0.714. The van der Waals surface area contributed by atoms with Gasteiger partial charge in [0.2, 0.25) is 6.23 Å². The summed E-state index contributed by atoms with van der Waals surface area (Å²) in [6.45, 7) is 3.23. The van der Waals surface area contributed by atoms with Gasteiger partial charge in [0.1, 0.15) is 0 Å². The first-order chi connectivity index (χ1) is 4.04. The number of aliphatic hydroxyl groups excluding tert-OH is 1. The minimum absolute atomic E-state index is 0.830. The van der Waals surface area contributed by atoms with Crippen LogP contribution in [0.25, 0.3) is 0 Å². The topological polar surface area (TPSA) is 37.3 Å². The minimum atomic E-state index is -1.13. The van der Waals surface area contributed by atoms with Gasteiger partial charge in [-0.05, 0) is 6.08 Å². The first-order valence-corrected chi connectivity index (χ1v) is 2.89. The lowest BCUT2D eigenvalue weighted by Crippen LogP contribution is -2.35. The third kappa shape index (κ3) is 2.40. The summed E-state index contributed by atoms with van der Waals surface area (Å²) in [5.74, 6) is 0.